The number of para-hydroxylation sites is 1. The van der Waals surface area contributed by atoms with Gasteiger partial charge in [-0.05, 0) is 43.0 Å². The lowest BCUT2D eigenvalue weighted by Crippen LogP contribution is -2.16. The number of furan rings is 1. The summed E-state index contributed by atoms with van der Waals surface area (Å²) < 4.78 is 17.9. The molecule has 0 radical (unpaired) electrons. The number of nitrogens with zero attached hydrogens (tertiary/aromatic N) is 1. The summed E-state index contributed by atoms with van der Waals surface area (Å²) in [4.78, 5) is 2.13. The smallest absolute Gasteiger partial charge is 0.247 e. The average Bonchev–Trinajstić information content (AvgIpc) is 3.06. The van der Waals surface area contributed by atoms with Crippen molar-refractivity contribution in [3.8, 4) is 11.5 Å². The van der Waals surface area contributed by atoms with Crippen molar-refractivity contribution < 1.29 is 13.9 Å². The van der Waals surface area contributed by atoms with Crippen LogP contribution >= 0.6 is 0 Å². The number of rotatable bonds is 1. The fourth-order valence-electron chi connectivity index (χ4n) is 3.70. The van der Waals surface area contributed by atoms with Crippen LogP contribution in [-0.2, 0) is 13.0 Å². The molecular weight excluding hydrogens is 314 g/mol. The fourth-order valence-corrected chi connectivity index (χ4v) is 3.70. The maximum atomic E-state index is 6.11. The van der Waals surface area contributed by atoms with E-state index < -0.39 is 0 Å². The molecule has 3 aromatic rings. The molecule has 0 fully saturated rings. The Kier molecular flexibility index (Phi) is 3.23. The molecule has 2 aromatic carbocycles. The maximum absolute atomic E-state index is 6.11. The second-order valence-electron chi connectivity index (χ2n) is 6.50. The Morgan fingerprint density at radius 2 is 1.88 bits per heavy atom. The second-order valence-corrected chi connectivity index (χ2v) is 6.50. The highest BCUT2D eigenvalue weighted by atomic mass is 16.5. The Hall–Kier alpha value is -2.88. The molecule has 0 unspecified atom stereocenters. The standard InChI is InChI=1S/C21H19NO3/c1-14-8-9-18(20-16(14)6-4-11-23-20)22-17-7-3-2-5-15(17)13-25-19-10-12-24-21(19)22/h2-3,5,7-10,12H,4,6,11,13H2,1H3. The van der Waals surface area contributed by atoms with E-state index in [2.05, 4.69) is 36.1 Å². The van der Waals surface area contributed by atoms with Gasteiger partial charge in [-0.2, -0.15) is 0 Å². The Morgan fingerprint density at radius 1 is 0.960 bits per heavy atom. The summed E-state index contributed by atoms with van der Waals surface area (Å²) >= 11 is 0. The minimum Gasteiger partial charge on any atom is -0.491 e. The molecule has 3 heterocycles. The molecule has 0 atom stereocenters. The minimum absolute atomic E-state index is 0.522. The number of ether oxygens (including phenoxy) is 2. The van der Waals surface area contributed by atoms with Crippen molar-refractivity contribution in [2.24, 2.45) is 0 Å². The summed E-state index contributed by atoms with van der Waals surface area (Å²) in [6.45, 7) is 3.42. The topological polar surface area (TPSA) is 34.8 Å². The first kappa shape index (κ1) is 14.5. The molecule has 2 aliphatic heterocycles. The summed E-state index contributed by atoms with van der Waals surface area (Å²) in [5.41, 5.74) is 5.77. The van der Waals surface area contributed by atoms with E-state index >= 15 is 0 Å². The lowest BCUT2D eigenvalue weighted by Gasteiger charge is -2.29. The van der Waals surface area contributed by atoms with E-state index in [1.54, 1.807) is 6.26 Å². The summed E-state index contributed by atoms with van der Waals surface area (Å²) in [7, 11) is 0. The van der Waals surface area contributed by atoms with Crippen LogP contribution in [0.3, 0.4) is 0 Å². The molecule has 0 saturated carbocycles. The fraction of sp³-hybridized carbons (Fsp3) is 0.238. The van der Waals surface area contributed by atoms with Gasteiger partial charge in [0.25, 0.3) is 0 Å². The van der Waals surface area contributed by atoms with Gasteiger partial charge in [-0.3, -0.25) is 4.90 Å². The molecule has 1 aromatic heterocycles. The van der Waals surface area contributed by atoms with Crippen molar-refractivity contribution in [1.82, 2.24) is 0 Å². The van der Waals surface area contributed by atoms with Crippen molar-refractivity contribution in [3.05, 3.63) is 65.4 Å². The number of fused-ring (bicyclic) bond motifs is 3. The van der Waals surface area contributed by atoms with Crippen molar-refractivity contribution in [2.75, 3.05) is 11.5 Å². The number of anilines is 3. The first-order valence-corrected chi connectivity index (χ1v) is 8.66. The van der Waals surface area contributed by atoms with Crippen LogP contribution in [-0.4, -0.2) is 6.61 Å². The van der Waals surface area contributed by atoms with Gasteiger partial charge >= 0.3 is 0 Å². The molecule has 0 saturated heterocycles. The van der Waals surface area contributed by atoms with Crippen LogP contribution < -0.4 is 14.4 Å². The quantitative estimate of drug-likeness (QED) is 0.607. The van der Waals surface area contributed by atoms with Gasteiger partial charge in [0.1, 0.15) is 12.4 Å². The number of benzene rings is 2. The van der Waals surface area contributed by atoms with Gasteiger partial charge in [0.2, 0.25) is 5.88 Å². The van der Waals surface area contributed by atoms with E-state index in [0.717, 1.165) is 47.9 Å². The first-order chi connectivity index (χ1) is 12.3. The summed E-state index contributed by atoms with van der Waals surface area (Å²) in [5.74, 6) is 2.41. The van der Waals surface area contributed by atoms with Gasteiger partial charge in [0, 0.05) is 11.6 Å². The molecule has 0 spiro atoms. The minimum atomic E-state index is 0.522. The van der Waals surface area contributed by atoms with Crippen molar-refractivity contribution >= 4 is 17.3 Å². The van der Waals surface area contributed by atoms with Crippen LogP contribution in [0.5, 0.6) is 11.5 Å². The Morgan fingerprint density at radius 3 is 2.84 bits per heavy atom. The predicted octanol–water partition coefficient (Wildman–Crippen LogP) is 5.28. The summed E-state index contributed by atoms with van der Waals surface area (Å²) in [5, 5.41) is 0. The highest BCUT2D eigenvalue weighted by Crippen LogP contribution is 2.49. The SMILES string of the molecule is Cc1ccc(N2c3ccccc3COc3ccoc32)c2c1CCCO2. The van der Waals surface area contributed by atoms with Crippen molar-refractivity contribution in [1.29, 1.82) is 0 Å². The van der Waals surface area contributed by atoms with E-state index in [1.807, 2.05) is 18.2 Å². The van der Waals surface area contributed by atoms with E-state index in [4.69, 9.17) is 13.9 Å². The van der Waals surface area contributed by atoms with Gasteiger partial charge in [-0.1, -0.05) is 24.3 Å². The molecule has 25 heavy (non-hydrogen) atoms. The second kappa shape index (κ2) is 5.59. The molecule has 0 N–H and O–H groups in total. The highest BCUT2D eigenvalue weighted by Gasteiger charge is 2.30. The zero-order valence-corrected chi connectivity index (χ0v) is 14.1. The summed E-state index contributed by atoms with van der Waals surface area (Å²) in [6, 6.07) is 14.4. The van der Waals surface area contributed by atoms with Crippen molar-refractivity contribution in [3.63, 3.8) is 0 Å². The van der Waals surface area contributed by atoms with E-state index in [9.17, 15) is 0 Å². The van der Waals surface area contributed by atoms with Crippen LogP contribution in [0.4, 0.5) is 17.3 Å². The lowest BCUT2D eigenvalue weighted by atomic mass is 9.99. The molecular formula is C21H19NO3. The third-order valence-corrected chi connectivity index (χ3v) is 4.96. The molecule has 4 heteroatoms. The van der Waals surface area contributed by atoms with Gasteiger partial charge in [-0.25, -0.2) is 0 Å². The van der Waals surface area contributed by atoms with Crippen LogP contribution in [0, 0.1) is 6.92 Å². The van der Waals surface area contributed by atoms with Crippen LogP contribution in [0.2, 0.25) is 0 Å². The third kappa shape index (κ3) is 2.21. The third-order valence-electron chi connectivity index (χ3n) is 4.96. The zero-order valence-electron chi connectivity index (χ0n) is 14.1. The number of hydrogen-bond donors (Lipinski definition) is 0. The lowest BCUT2D eigenvalue weighted by molar-refractivity contribution is 0.288. The summed E-state index contributed by atoms with van der Waals surface area (Å²) in [6.07, 6.45) is 3.78. The molecule has 2 aliphatic rings. The molecule has 0 amide bonds. The van der Waals surface area contributed by atoms with E-state index in [-0.39, 0.29) is 0 Å². The van der Waals surface area contributed by atoms with Gasteiger partial charge in [0.05, 0.1) is 24.2 Å². The van der Waals surface area contributed by atoms with Crippen molar-refractivity contribution in [2.45, 2.75) is 26.4 Å². The molecule has 0 aliphatic carbocycles. The molecule has 5 rings (SSSR count). The average molecular weight is 333 g/mol. The van der Waals surface area contributed by atoms with E-state index in [1.165, 1.54) is 11.1 Å². The highest BCUT2D eigenvalue weighted by molar-refractivity contribution is 5.83. The van der Waals surface area contributed by atoms with E-state index in [0.29, 0.717) is 12.5 Å². The van der Waals surface area contributed by atoms with Crippen LogP contribution in [0.1, 0.15) is 23.1 Å². The van der Waals surface area contributed by atoms with Gasteiger partial charge in [-0.15, -0.1) is 0 Å². The Bertz CT molecular complexity index is 944. The number of aryl methyl sites for hydroxylation is 1. The van der Waals surface area contributed by atoms with Gasteiger partial charge in [0.15, 0.2) is 5.75 Å². The number of hydrogen-bond acceptors (Lipinski definition) is 4. The maximum Gasteiger partial charge on any atom is 0.247 e. The Labute approximate surface area is 146 Å². The largest absolute Gasteiger partial charge is 0.491 e. The van der Waals surface area contributed by atoms with Gasteiger partial charge < -0.3 is 13.9 Å². The molecule has 126 valence electrons. The molecule has 0 bridgehead atoms. The first-order valence-electron chi connectivity index (χ1n) is 8.66. The predicted molar refractivity (Wildman–Crippen MR) is 96.3 cm³/mol. The normalized spacial score (nSPS) is 15.3. The molecule has 4 nitrogen and oxygen atoms in total. The monoisotopic (exact) mass is 333 g/mol. The Balaban J connectivity index is 1.78. The van der Waals surface area contributed by atoms with Crippen LogP contribution in [0.25, 0.3) is 0 Å². The zero-order chi connectivity index (χ0) is 16.8. The van der Waals surface area contributed by atoms with Crippen LogP contribution in [0.15, 0.2) is 53.1 Å².